The van der Waals surface area contributed by atoms with Gasteiger partial charge in [0, 0.05) is 6.61 Å². The van der Waals surface area contributed by atoms with Gasteiger partial charge in [0.2, 0.25) is 0 Å². The third kappa shape index (κ3) is 98.4. The zero-order valence-corrected chi connectivity index (χ0v) is 98.6. The molecule has 0 saturated carbocycles. The largest absolute Gasteiger partial charge is 0.465 e. The molecule has 0 aliphatic heterocycles. The standard InChI is InChI=1S/C132H254O12/c1-9-17-23-29-35-41-47-53-59-65-71-77-83-89-95-101-109-139-121-132(120-133,108-16-8)119-126(131(138)144-114-106-100-94-88-82-76-70-64-58-52-46-40-34-28-22-14-6)118-125(130(137)143-113-105-99-93-87-81-75-69-63-57-51-45-39-33-27-21-13-5)117-124(129(136)142-112-104-98-92-86-80-74-68-62-56-50-44-38-32-26-20-12-4)116-123(128(135)141-111-103-97-91-85-79-73-67-61-55-49-43-37-31-25-19-11-3)115-122(107-15-7)127(134)140-110-102-96-90-84-78-72-66-60-54-48-42-36-30-24-18-10-2/h120,122-126H,9-119,121H2,1-8H3. The molecule has 0 aliphatic carbocycles. The zero-order valence-electron chi connectivity index (χ0n) is 98.6. The van der Waals surface area contributed by atoms with E-state index in [1.807, 2.05) is 0 Å². The molecule has 0 radical (unpaired) electrons. The summed E-state index contributed by atoms with van der Waals surface area (Å²) in [5.74, 6) is -6.63. The number of hydrogen-bond acceptors (Lipinski definition) is 12. The summed E-state index contributed by atoms with van der Waals surface area (Å²) in [6, 6.07) is 0. The van der Waals surface area contributed by atoms with Crippen LogP contribution in [0.5, 0.6) is 0 Å². The molecule has 0 aliphatic rings. The van der Waals surface area contributed by atoms with Crippen molar-refractivity contribution in [2.24, 2.45) is 35.0 Å². The average molecular weight is 2030 g/mol. The second kappa shape index (κ2) is 117. The lowest BCUT2D eigenvalue weighted by Crippen LogP contribution is -2.37. The van der Waals surface area contributed by atoms with Gasteiger partial charge in [-0.25, -0.2) is 0 Å². The molecule has 6 atom stereocenters. The van der Waals surface area contributed by atoms with Gasteiger partial charge in [0.1, 0.15) is 6.29 Å². The molecule has 0 bridgehead atoms. The van der Waals surface area contributed by atoms with Gasteiger partial charge in [-0.2, -0.15) is 0 Å². The molecule has 0 spiro atoms. The zero-order chi connectivity index (χ0) is 104. The molecule has 0 rings (SSSR count). The fraction of sp³-hybridized carbons (Fsp3) is 0.955. The van der Waals surface area contributed by atoms with Crippen LogP contribution in [0.4, 0.5) is 0 Å². The summed E-state index contributed by atoms with van der Waals surface area (Å²) in [4.78, 5) is 91.5. The fourth-order valence-corrected chi connectivity index (χ4v) is 22.3. The number of hydrogen-bond donors (Lipinski definition) is 0. The molecule has 0 amide bonds. The Bertz CT molecular complexity index is 2590. The van der Waals surface area contributed by atoms with E-state index in [0.717, 1.165) is 128 Å². The van der Waals surface area contributed by atoms with Crippen molar-refractivity contribution in [1.82, 2.24) is 0 Å². The van der Waals surface area contributed by atoms with Crippen LogP contribution in [-0.2, 0) is 57.2 Å². The van der Waals surface area contributed by atoms with Crippen LogP contribution in [0.2, 0.25) is 0 Å². The maximum absolute atomic E-state index is 15.8. The van der Waals surface area contributed by atoms with Crippen molar-refractivity contribution in [3.05, 3.63) is 0 Å². The second-order valence-electron chi connectivity index (χ2n) is 46.4. The highest BCUT2D eigenvalue weighted by Crippen LogP contribution is 2.39. The minimum atomic E-state index is -1.05. The lowest BCUT2D eigenvalue weighted by molar-refractivity contribution is -0.157. The van der Waals surface area contributed by atoms with Crippen LogP contribution >= 0.6 is 0 Å². The Labute approximate surface area is 898 Å². The van der Waals surface area contributed by atoms with Gasteiger partial charge in [-0.3, -0.25) is 24.0 Å². The Kier molecular flexibility index (Phi) is 115. The topological polar surface area (TPSA) is 158 Å². The molecule has 6 unspecified atom stereocenters. The van der Waals surface area contributed by atoms with Gasteiger partial charge in [0.15, 0.2) is 0 Å². The average Bonchev–Trinajstić information content (AvgIpc) is 0.832. The molecule has 0 heterocycles. The maximum atomic E-state index is 15.8. The number of aldehydes is 1. The van der Waals surface area contributed by atoms with Crippen LogP contribution in [0.3, 0.4) is 0 Å². The summed E-state index contributed by atoms with van der Waals surface area (Å²) in [6.45, 7) is 19.8. The molecule has 0 fully saturated rings. The van der Waals surface area contributed by atoms with Crippen molar-refractivity contribution >= 4 is 36.1 Å². The lowest BCUT2D eigenvalue weighted by atomic mass is 9.73. The molecule has 144 heavy (non-hydrogen) atoms. The van der Waals surface area contributed by atoms with Gasteiger partial charge < -0.3 is 33.2 Å². The summed E-state index contributed by atoms with van der Waals surface area (Å²) >= 11 is 0. The van der Waals surface area contributed by atoms with E-state index >= 15 is 19.2 Å². The molecule has 0 aromatic carbocycles. The Morgan fingerprint density at radius 2 is 0.319 bits per heavy atom. The number of unbranched alkanes of at least 4 members (excludes halogenated alkanes) is 90. The van der Waals surface area contributed by atoms with Gasteiger partial charge in [-0.1, -0.05) is 646 Å². The summed E-state index contributed by atoms with van der Waals surface area (Å²) < 4.78 is 38.7. The molecule has 0 N–H and O–H groups in total. The maximum Gasteiger partial charge on any atom is 0.308 e. The summed E-state index contributed by atoms with van der Waals surface area (Å²) in [5, 5.41) is 0. The quantitative estimate of drug-likeness (QED) is 0.0246. The van der Waals surface area contributed by atoms with Gasteiger partial charge >= 0.3 is 29.8 Å². The van der Waals surface area contributed by atoms with Crippen LogP contribution in [-0.4, -0.2) is 82.4 Å². The predicted molar refractivity (Wildman–Crippen MR) is 622 cm³/mol. The van der Waals surface area contributed by atoms with Crippen LogP contribution in [0, 0.1) is 35.0 Å². The fourth-order valence-electron chi connectivity index (χ4n) is 22.3. The first-order valence-corrected chi connectivity index (χ1v) is 65.8. The first-order chi connectivity index (χ1) is 71.0. The first-order valence-electron chi connectivity index (χ1n) is 65.8. The molecule has 12 heteroatoms. The monoisotopic (exact) mass is 2030 g/mol. The minimum absolute atomic E-state index is 0.0131. The van der Waals surface area contributed by atoms with E-state index in [9.17, 15) is 9.59 Å². The minimum Gasteiger partial charge on any atom is -0.465 e. The first kappa shape index (κ1) is 141. The number of carbonyl (C=O) groups excluding carboxylic acids is 6. The Balaban J connectivity index is 7.73. The highest BCUT2D eigenvalue weighted by molar-refractivity contribution is 5.80. The number of rotatable bonds is 124. The molecule has 854 valence electrons. The van der Waals surface area contributed by atoms with E-state index in [2.05, 4.69) is 55.4 Å². The van der Waals surface area contributed by atoms with E-state index in [-0.39, 0.29) is 71.1 Å². The van der Waals surface area contributed by atoms with Crippen LogP contribution < -0.4 is 0 Å². The van der Waals surface area contributed by atoms with E-state index in [1.54, 1.807) is 0 Å². The Hall–Kier alpha value is -3.02. The molecule has 12 nitrogen and oxygen atoms in total. The van der Waals surface area contributed by atoms with Crippen molar-refractivity contribution in [2.45, 2.75) is 730 Å². The summed E-state index contributed by atoms with van der Waals surface area (Å²) in [7, 11) is 0. The molecule has 0 aromatic heterocycles. The summed E-state index contributed by atoms with van der Waals surface area (Å²) in [6.07, 6.45) is 123. The van der Waals surface area contributed by atoms with Gasteiger partial charge in [0.05, 0.1) is 74.6 Å². The molecule has 0 aromatic rings. The van der Waals surface area contributed by atoms with Gasteiger partial charge in [-0.05, 0) is 83.5 Å². The van der Waals surface area contributed by atoms with Crippen LogP contribution in [0.1, 0.15) is 730 Å². The number of esters is 5. The van der Waals surface area contributed by atoms with Crippen molar-refractivity contribution in [3.63, 3.8) is 0 Å². The van der Waals surface area contributed by atoms with Crippen molar-refractivity contribution in [1.29, 1.82) is 0 Å². The van der Waals surface area contributed by atoms with E-state index in [0.29, 0.717) is 58.2 Å². The second-order valence-corrected chi connectivity index (χ2v) is 46.4. The smallest absolute Gasteiger partial charge is 0.308 e. The van der Waals surface area contributed by atoms with E-state index in [4.69, 9.17) is 28.4 Å². The van der Waals surface area contributed by atoms with Crippen molar-refractivity contribution < 1.29 is 57.2 Å². The molecule has 0 saturated heterocycles. The van der Waals surface area contributed by atoms with E-state index in [1.165, 1.54) is 475 Å². The highest BCUT2D eigenvalue weighted by Gasteiger charge is 2.42. The predicted octanol–water partition coefficient (Wildman–Crippen LogP) is 43.1. The van der Waals surface area contributed by atoms with Crippen molar-refractivity contribution in [3.8, 4) is 0 Å². The third-order valence-electron chi connectivity index (χ3n) is 32.0. The van der Waals surface area contributed by atoms with Gasteiger partial charge in [0.25, 0.3) is 0 Å². The van der Waals surface area contributed by atoms with E-state index < -0.39 is 58.9 Å². The SMILES string of the molecule is CCCCCCCCCCCCCCCCCCOCC(C=O)(CCC)CC(CC(CC(CC(CC(CCC)C(=O)OCCCCCCCCCCCCCCCCCC)C(=O)OCCCCCCCCCCCCCCCCCC)C(=O)OCCCCCCCCCCCCCCCCCC)C(=O)OCCCCCCCCCCCCCCCCCC)C(=O)OCCCCCCCCCCCCCCCCCC. The number of carbonyl (C=O) groups is 6. The highest BCUT2D eigenvalue weighted by atomic mass is 16.6. The lowest BCUT2D eigenvalue weighted by Gasteiger charge is -2.33. The Morgan fingerprint density at radius 3 is 0.486 bits per heavy atom. The normalized spacial score (nSPS) is 13.2. The third-order valence-corrected chi connectivity index (χ3v) is 32.0. The number of ether oxygens (including phenoxy) is 6. The van der Waals surface area contributed by atoms with Crippen LogP contribution in [0.15, 0.2) is 0 Å². The van der Waals surface area contributed by atoms with Crippen molar-refractivity contribution in [2.75, 3.05) is 46.2 Å². The van der Waals surface area contributed by atoms with Crippen LogP contribution in [0.25, 0.3) is 0 Å². The summed E-state index contributed by atoms with van der Waals surface area (Å²) in [5.41, 5.74) is -1.05. The molecular weight excluding hydrogens is 1780 g/mol. The van der Waals surface area contributed by atoms with Gasteiger partial charge in [-0.15, -0.1) is 0 Å². The molecular formula is C132H254O12. The Morgan fingerprint density at radius 1 is 0.174 bits per heavy atom.